The summed E-state index contributed by atoms with van der Waals surface area (Å²) in [6.45, 7) is 4.42. The minimum Gasteiger partial charge on any atom is -0.354 e. The highest BCUT2D eigenvalue weighted by molar-refractivity contribution is 7.99. The van der Waals surface area contributed by atoms with Crippen LogP contribution in [0.1, 0.15) is 11.5 Å². The smallest absolute Gasteiger partial charge is 0.236 e. The molecule has 7 nitrogen and oxygen atoms in total. The molecule has 1 aromatic carbocycles. The summed E-state index contributed by atoms with van der Waals surface area (Å²) in [5, 5.41) is 14.7. The van der Waals surface area contributed by atoms with Crippen LogP contribution in [0.3, 0.4) is 0 Å². The second-order valence-corrected chi connectivity index (χ2v) is 8.63. The zero-order valence-corrected chi connectivity index (χ0v) is 18.7. The lowest BCUT2D eigenvalue weighted by Gasteiger charge is -2.08. The summed E-state index contributed by atoms with van der Waals surface area (Å²) in [6, 6.07) is 14.0. The molecule has 0 atom stereocenters. The van der Waals surface area contributed by atoms with E-state index in [9.17, 15) is 4.79 Å². The van der Waals surface area contributed by atoms with Crippen LogP contribution in [0.25, 0.3) is 11.3 Å². The van der Waals surface area contributed by atoms with Crippen molar-refractivity contribution in [3.05, 3.63) is 78.2 Å². The van der Waals surface area contributed by atoms with E-state index < -0.39 is 0 Å². The number of amides is 1. The Hall–Kier alpha value is -3.17. The fraction of sp³-hybridized carbons (Fsp3) is 0.182. The quantitative estimate of drug-likeness (QED) is 0.305. The zero-order chi connectivity index (χ0) is 21.6. The van der Waals surface area contributed by atoms with Gasteiger partial charge >= 0.3 is 0 Å². The van der Waals surface area contributed by atoms with Crippen LogP contribution in [0.2, 0.25) is 0 Å². The van der Waals surface area contributed by atoms with Gasteiger partial charge in [-0.1, -0.05) is 48.2 Å². The third kappa shape index (κ3) is 5.12. The summed E-state index contributed by atoms with van der Waals surface area (Å²) in [6.07, 6.45) is 4.48. The van der Waals surface area contributed by atoms with Gasteiger partial charge in [0.1, 0.15) is 5.82 Å². The number of aryl methyl sites for hydroxylation is 1. The molecule has 0 radical (unpaired) electrons. The van der Waals surface area contributed by atoms with E-state index in [1.807, 2.05) is 65.7 Å². The molecule has 0 saturated heterocycles. The van der Waals surface area contributed by atoms with E-state index in [-0.39, 0.29) is 11.7 Å². The average Bonchev–Trinajstić information content (AvgIpc) is 3.50. The molecule has 0 bridgehead atoms. The van der Waals surface area contributed by atoms with Crippen molar-refractivity contribution in [2.45, 2.75) is 18.1 Å². The Bertz CT molecular complexity index is 1180. The number of nitrogens with zero attached hydrogens (tertiary/aromatic N) is 5. The molecular formula is C22H22N6OS2. The van der Waals surface area contributed by atoms with Gasteiger partial charge in [0.15, 0.2) is 10.3 Å². The lowest BCUT2D eigenvalue weighted by Crippen LogP contribution is -2.14. The third-order valence-electron chi connectivity index (χ3n) is 4.65. The molecule has 3 aromatic heterocycles. The fourth-order valence-electron chi connectivity index (χ4n) is 3.07. The van der Waals surface area contributed by atoms with Crippen LogP contribution in [0.15, 0.2) is 71.9 Å². The molecule has 1 amide bonds. The molecule has 0 spiro atoms. The van der Waals surface area contributed by atoms with E-state index >= 15 is 0 Å². The largest absolute Gasteiger partial charge is 0.354 e. The Morgan fingerprint density at radius 2 is 2.06 bits per heavy atom. The van der Waals surface area contributed by atoms with Gasteiger partial charge in [0.25, 0.3) is 0 Å². The highest BCUT2D eigenvalue weighted by atomic mass is 32.2. The minimum atomic E-state index is -0.129. The summed E-state index contributed by atoms with van der Waals surface area (Å²) in [7, 11) is 2.01. The van der Waals surface area contributed by atoms with Crippen LogP contribution in [0.4, 0.5) is 5.13 Å². The van der Waals surface area contributed by atoms with Crippen molar-refractivity contribution >= 4 is 34.1 Å². The van der Waals surface area contributed by atoms with Crippen molar-refractivity contribution in [1.82, 2.24) is 24.3 Å². The standard InChI is InChI=1S/C22H22N6OS2/c1-3-11-28-19(13-17-10-7-12-27(17)2)25-26-22(28)31-15-20(29)24-21-23-18(14-30-21)16-8-5-4-6-9-16/h3-10,12,14H,1,11,13,15H2,2H3,(H,23,24,29). The first-order valence-electron chi connectivity index (χ1n) is 9.71. The van der Waals surface area contributed by atoms with E-state index in [1.54, 1.807) is 0 Å². The van der Waals surface area contributed by atoms with Crippen LogP contribution < -0.4 is 5.32 Å². The third-order valence-corrected chi connectivity index (χ3v) is 6.37. The monoisotopic (exact) mass is 450 g/mol. The van der Waals surface area contributed by atoms with Gasteiger partial charge in [-0.2, -0.15) is 0 Å². The zero-order valence-electron chi connectivity index (χ0n) is 17.1. The Kier molecular flexibility index (Phi) is 6.63. The molecule has 4 aromatic rings. The van der Waals surface area contributed by atoms with Crippen molar-refractivity contribution in [2.75, 3.05) is 11.1 Å². The molecule has 3 heterocycles. The van der Waals surface area contributed by atoms with E-state index in [4.69, 9.17) is 0 Å². The van der Waals surface area contributed by atoms with Gasteiger partial charge in [-0.3, -0.25) is 4.79 Å². The molecule has 0 unspecified atom stereocenters. The molecule has 0 saturated carbocycles. The maximum absolute atomic E-state index is 12.5. The first kappa shape index (κ1) is 21.1. The first-order valence-corrected chi connectivity index (χ1v) is 11.6. The number of thioether (sulfide) groups is 1. The number of hydrogen-bond donors (Lipinski definition) is 1. The van der Waals surface area contributed by atoms with Gasteiger partial charge in [-0.25, -0.2) is 4.98 Å². The molecule has 0 aliphatic heterocycles. The van der Waals surface area contributed by atoms with Crippen molar-refractivity contribution < 1.29 is 4.79 Å². The number of thiazole rings is 1. The SMILES string of the molecule is C=CCn1c(Cc2cccn2C)nnc1SCC(=O)Nc1nc(-c2ccccc2)cs1. The van der Waals surface area contributed by atoms with Gasteiger partial charge in [0.05, 0.1) is 11.4 Å². The van der Waals surface area contributed by atoms with E-state index in [2.05, 4.69) is 37.7 Å². The molecule has 158 valence electrons. The first-order chi connectivity index (χ1) is 15.1. The fourth-order valence-corrected chi connectivity index (χ4v) is 4.57. The number of allylic oxidation sites excluding steroid dienone is 1. The van der Waals surface area contributed by atoms with Gasteiger partial charge in [-0.15, -0.1) is 28.1 Å². The molecule has 0 fully saturated rings. The normalized spacial score (nSPS) is 10.9. The number of hydrogen-bond acceptors (Lipinski definition) is 6. The Morgan fingerprint density at radius 3 is 2.81 bits per heavy atom. The Balaban J connectivity index is 1.38. The van der Waals surface area contributed by atoms with Gasteiger partial charge in [0, 0.05) is 42.8 Å². The van der Waals surface area contributed by atoms with Crippen molar-refractivity contribution in [3.8, 4) is 11.3 Å². The number of carbonyl (C=O) groups is 1. The molecule has 31 heavy (non-hydrogen) atoms. The molecular weight excluding hydrogens is 428 g/mol. The minimum absolute atomic E-state index is 0.129. The van der Waals surface area contributed by atoms with E-state index in [0.717, 1.165) is 22.8 Å². The number of anilines is 1. The summed E-state index contributed by atoms with van der Waals surface area (Å²) in [5.41, 5.74) is 3.02. The number of benzene rings is 1. The number of carbonyl (C=O) groups excluding carboxylic acids is 1. The van der Waals surface area contributed by atoms with Gasteiger partial charge in [-0.05, 0) is 12.1 Å². The Morgan fingerprint density at radius 1 is 1.23 bits per heavy atom. The maximum atomic E-state index is 12.5. The van der Waals surface area contributed by atoms with Crippen molar-refractivity contribution in [2.24, 2.45) is 7.05 Å². The van der Waals surface area contributed by atoms with E-state index in [0.29, 0.717) is 23.3 Å². The molecule has 1 N–H and O–H groups in total. The lowest BCUT2D eigenvalue weighted by atomic mass is 10.2. The van der Waals surface area contributed by atoms with Crippen LogP contribution in [-0.4, -0.2) is 36.0 Å². The van der Waals surface area contributed by atoms with E-state index in [1.165, 1.54) is 23.1 Å². The molecule has 4 rings (SSSR count). The van der Waals surface area contributed by atoms with Gasteiger partial charge < -0.3 is 14.5 Å². The molecule has 0 aliphatic rings. The van der Waals surface area contributed by atoms with Crippen molar-refractivity contribution in [1.29, 1.82) is 0 Å². The van der Waals surface area contributed by atoms with Crippen LogP contribution in [0, 0.1) is 0 Å². The Labute approximate surface area is 188 Å². The predicted molar refractivity (Wildman–Crippen MR) is 125 cm³/mol. The maximum Gasteiger partial charge on any atom is 0.236 e. The summed E-state index contributed by atoms with van der Waals surface area (Å²) in [5.74, 6) is 0.938. The topological polar surface area (TPSA) is 77.6 Å². The molecule has 9 heteroatoms. The van der Waals surface area contributed by atoms with Crippen LogP contribution >= 0.6 is 23.1 Å². The number of aromatic nitrogens is 5. The average molecular weight is 451 g/mol. The van der Waals surface area contributed by atoms with Crippen LogP contribution in [-0.2, 0) is 24.8 Å². The lowest BCUT2D eigenvalue weighted by molar-refractivity contribution is -0.113. The molecule has 0 aliphatic carbocycles. The number of rotatable bonds is 9. The number of nitrogens with one attached hydrogen (secondary N) is 1. The van der Waals surface area contributed by atoms with Crippen LogP contribution in [0.5, 0.6) is 0 Å². The second-order valence-electron chi connectivity index (χ2n) is 6.83. The van der Waals surface area contributed by atoms with Crippen molar-refractivity contribution in [3.63, 3.8) is 0 Å². The summed E-state index contributed by atoms with van der Waals surface area (Å²) in [4.78, 5) is 17.0. The summed E-state index contributed by atoms with van der Waals surface area (Å²) >= 11 is 2.77. The highest BCUT2D eigenvalue weighted by Gasteiger charge is 2.15. The van der Waals surface area contributed by atoms with Gasteiger partial charge in [0.2, 0.25) is 5.91 Å². The summed E-state index contributed by atoms with van der Waals surface area (Å²) < 4.78 is 4.06. The highest BCUT2D eigenvalue weighted by Crippen LogP contribution is 2.25. The predicted octanol–water partition coefficient (Wildman–Crippen LogP) is 4.25. The second kappa shape index (κ2) is 9.76.